The fourth-order valence-electron chi connectivity index (χ4n) is 4.13. The Morgan fingerprint density at radius 3 is 2.49 bits per heavy atom. The van der Waals surface area contributed by atoms with Gasteiger partial charge in [0, 0.05) is 33.7 Å². The second-order valence-electron chi connectivity index (χ2n) is 8.21. The maximum Gasteiger partial charge on any atom is 0.337 e. The fourth-order valence-corrected chi connectivity index (χ4v) is 4.49. The van der Waals surface area contributed by atoms with Crippen molar-refractivity contribution in [1.82, 2.24) is 0 Å². The number of nitrogens with one attached hydrogen (secondary N) is 1. The molecule has 0 saturated carbocycles. The number of nitrogens with zero attached hydrogens (tertiary/aromatic N) is 1. The molecule has 0 fully saturated rings. The number of benzene rings is 3. The predicted octanol–water partition coefficient (Wildman–Crippen LogP) is 8.43. The van der Waals surface area contributed by atoms with Crippen molar-refractivity contribution < 1.29 is 14.3 Å². The van der Waals surface area contributed by atoms with E-state index in [0.717, 1.165) is 57.1 Å². The number of rotatable bonds is 8. The smallest absolute Gasteiger partial charge is 0.337 e. The number of anilines is 2. The molecule has 1 heterocycles. The van der Waals surface area contributed by atoms with Crippen LogP contribution >= 0.6 is 15.9 Å². The van der Waals surface area contributed by atoms with E-state index in [-0.39, 0.29) is 5.97 Å². The molecule has 0 unspecified atom stereocenters. The van der Waals surface area contributed by atoms with Crippen molar-refractivity contribution in [3.63, 3.8) is 0 Å². The molecule has 0 aliphatic carbocycles. The highest BCUT2D eigenvalue weighted by Crippen LogP contribution is 2.40. The minimum Gasteiger partial charge on any atom is -0.488 e. The summed E-state index contributed by atoms with van der Waals surface area (Å²) >= 11 is 3.64. The Kier molecular flexibility index (Phi) is 10.4. The summed E-state index contributed by atoms with van der Waals surface area (Å²) in [6.07, 6.45) is 5.16. The first-order valence-corrected chi connectivity index (χ1v) is 13.4. The Morgan fingerprint density at radius 2 is 1.78 bits per heavy atom. The van der Waals surface area contributed by atoms with E-state index < -0.39 is 0 Å². The zero-order valence-corrected chi connectivity index (χ0v) is 23.8. The molecule has 0 bridgehead atoms. The zero-order valence-electron chi connectivity index (χ0n) is 22.2. The molecule has 1 N–H and O–H groups in total. The van der Waals surface area contributed by atoms with E-state index >= 15 is 0 Å². The van der Waals surface area contributed by atoms with Crippen LogP contribution in [0.25, 0.3) is 5.70 Å². The van der Waals surface area contributed by atoms with Crippen molar-refractivity contribution in [1.29, 1.82) is 0 Å². The Labute approximate surface area is 228 Å². The topological polar surface area (TPSA) is 50.8 Å². The molecule has 1 aliphatic heterocycles. The van der Waals surface area contributed by atoms with Gasteiger partial charge in [-0.1, -0.05) is 72.3 Å². The van der Waals surface area contributed by atoms with Gasteiger partial charge in [-0.25, -0.2) is 4.79 Å². The van der Waals surface area contributed by atoms with Gasteiger partial charge in [0.05, 0.1) is 18.4 Å². The van der Waals surface area contributed by atoms with E-state index in [1.165, 1.54) is 7.11 Å². The van der Waals surface area contributed by atoms with Crippen LogP contribution in [0.4, 0.5) is 11.4 Å². The Morgan fingerprint density at radius 1 is 1.03 bits per heavy atom. The average Bonchev–Trinajstić information content (AvgIpc) is 2.93. The number of ether oxygens (including phenoxy) is 2. The molecule has 0 amide bonds. The Hall–Kier alpha value is -3.51. The average molecular weight is 564 g/mol. The largest absolute Gasteiger partial charge is 0.488 e. The van der Waals surface area contributed by atoms with E-state index in [1.54, 1.807) is 0 Å². The first kappa shape index (κ1) is 28.1. The Bertz CT molecular complexity index is 1270. The quantitative estimate of drug-likeness (QED) is 0.279. The zero-order chi connectivity index (χ0) is 26.8. The van der Waals surface area contributed by atoms with Gasteiger partial charge < -0.3 is 19.7 Å². The van der Waals surface area contributed by atoms with E-state index in [2.05, 4.69) is 69.5 Å². The maximum absolute atomic E-state index is 12.4. The lowest BCUT2D eigenvalue weighted by Gasteiger charge is -2.32. The monoisotopic (exact) mass is 562 g/mol. The van der Waals surface area contributed by atoms with Gasteiger partial charge in [-0.2, -0.15) is 0 Å². The van der Waals surface area contributed by atoms with Gasteiger partial charge in [-0.15, -0.1) is 0 Å². The highest BCUT2D eigenvalue weighted by molar-refractivity contribution is 9.10. The van der Waals surface area contributed by atoms with Crippen molar-refractivity contribution in [2.45, 2.75) is 40.7 Å². The van der Waals surface area contributed by atoms with Crippen LogP contribution in [0.2, 0.25) is 0 Å². The SMILES string of the molecule is CC.CCNc1cc(C(=O)OC)cc(N2C(C)=CCC=C2c2cc(Br)ccc2OCc2ccccc2)c1. The number of methoxy groups -OCH3 is 1. The molecular weight excluding hydrogens is 528 g/mol. The standard InChI is InChI=1S/C29H29BrN2O3.C2H6/c1-4-31-24-15-22(29(33)34-3)16-25(18-24)32-20(2)9-8-12-27(32)26-17-23(30)13-14-28(26)35-19-21-10-6-5-7-11-21;1-2/h5-7,9-18,31H,4,8,19H2,1-3H3;1-2H3. The number of halogens is 1. The van der Waals surface area contributed by atoms with Crippen LogP contribution in [0.5, 0.6) is 5.75 Å². The molecule has 0 saturated heterocycles. The molecule has 194 valence electrons. The summed E-state index contributed by atoms with van der Waals surface area (Å²) in [5.41, 5.74) is 6.37. The summed E-state index contributed by atoms with van der Waals surface area (Å²) in [6, 6.07) is 21.9. The van der Waals surface area contributed by atoms with Gasteiger partial charge in [0.25, 0.3) is 0 Å². The minimum atomic E-state index is -0.371. The summed E-state index contributed by atoms with van der Waals surface area (Å²) < 4.78 is 12.3. The van der Waals surface area contributed by atoms with Crippen molar-refractivity contribution in [2.75, 3.05) is 23.9 Å². The minimum absolute atomic E-state index is 0.371. The molecule has 0 spiro atoms. The Balaban J connectivity index is 0.00000186. The van der Waals surface area contributed by atoms with Crippen LogP contribution in [0, 0.1) is 0 Å². The number of hydrogen-bond acceptors (Lipinski definition) is 5. The molecule has 3 aromatic rings. The van der Waals surface area contributed by atoms with E-state index in [0.29, 0.717) is 12.2 Å². The second-order valence-corrected chi connectivity index (χ2v) is 9.13. The number of allylic oxidation sites excluding steroid dienone is 3. The number of esters is 1. The lowest BCUT2D eigenvalue weighted by atomic mass is 10.0. The molecule has 6 heteroatoms. The third-order valence-electron chi connectivity index (χ3n) is 5.75. The summed E-state index contributed by atoms with van der Waals surface area (Å²) in [4.78, 5) is 14.6. The van der Waals surface area contributed by atoms with Crippen LogP contribution in [0.3, 0.4) is 0 Å². The number of carbonyl (C=O) groups is 1. The van der Waals surface area contributed by atoms with Crippen molar-refractivity contribution in [3.05, 3.63) is 106 Å². The third kappa shape index (κ3) is 7.04. The van der Waals surface area contributed by atoms with Crippen LogP contribution in [0.1, 0.15) is 55.6 Å². The van der Waals surface area contributed by atoms with Crippen LogP contribution in [-0.2, 0) is 11.3 Å². The molecule has 1 aliphatic rings. The van der Waals surface area contributed by atoms with Crippen molar-refractivity contribution in [2.24, 2.45) is 0 Å². The molecule has 4 rings (SSSR count). The summed E-state index contributed by atoms with van der Waals surface area (Å²) in [6.45, 7) is 9.32. The van der Waals surface area contributed by atoms with Gasteiger partial charge in [-0.3, -0.25) is 0 Å². The molecule has 0 atom stereocenters. The van der Waals surface area contributed by atoms with Crippen LogP contribution in [-0.4, -0.2) is 19.6 Å². The van der Waals surface area contributed by atoms with Gasteiger partial charge in [0.1, 0.15) is 12.4 Å². The lowest BCUT2D eigenvalue weighted by Crippen LogP contribution is -2.23. The third-order valence-corrected chi connectivity index (χ3v) is 6.24. The van der Waals surface area contributed by atoms with Crippen molar-refractivity contribution in [3.8, 4) is 5.75 Å². The van der Waals surface area contributed by atoms with E-state index in [1.807, 2.05) is 63.2 Å². The second kappa shape index (κ2) is 13.7. The van der Waals surface area contributed by atoms with Gasteiger partial charge in [-0.05, 0) is 62.2 Å². The lowest BCUT2D eigenvalue weighted by molar-refractivity contribution is 0.0601. The molecule has 37 heavy (non-hydrogen) atoms. The van der Waals surface area contributed by atoms with Gasteiger partial charge in [0.2, 0.25) is 0 Å². The molecule has 5 nitrogen and oxygen atoms in total. The highest BCUT2D eigenvalue weighted by Gasteiger charge is 2.23. The number of hydrogen-bond donors (Lipinski definition) is 1. The first-order valence-electron chi connectivity index (χ1n) is 12.6. The van der Waals surface area contributed by atoms with Crippen LogP contribution in [0.15, 0.2) is 89.1 Å². The fraction of sp³-hybridized carbons (Fsp3) is 0.258. The normalized spacial score (nSPS) is 12.5. The van der Waals surface area contributed by atoms with E-state index in [4.69, 9.17) is 9.47 Å². The van der Waals surface area contributed by atoms with Crippen LogP contribution < -0.4 is 15.0 Å². The summed E-state index contributed by atoms with van der Waals surface area (Å²) in [5.74, 6) is 0.420. The molecule has 0 radical (unpaired) electrons. The van der Waals surface area contributed by atoms with Gasteiger partial charge >= 0.3 is 5.97 Å². The summed E-state index contributed by atoms with van der Waals surface area (Å²) in [5, 5.41) is 3.33. The summed E-state index contributed by atoms with van der Waals surface area (Å²) in [7, 11) is 1.40. The van der Waals surface area contributed by atoms with Gasteiger partial charge in [0.15, 0.2) is 0 Å². The maximum atomic E-state index is 12.4. The predicted molar refractivity (Wildman–Crippen MR) is 157 cm³/mol. The molecule has 3 aromatic carbocycles. The van der Waals surface area contributed by atoms with Crippen molar-refractivity contribution >= 4 is 39.0 Å². The highest BCUT2D eigenvalue weighted by atomic mass is 79.9. The molecule has 0 aromatic heterocycles. The first-order chi connectivity index (χ1) is 18.0. The van der Waals surface area contributed by atoms with E-state index in [9.17, 15) is 4.79 Å². The molecular formula is C31H35BrN2O3. The number of carbonyl (C=O) groups excluding carboxylic acids is 1.